The fourth-order valence-electron chi connectivity index (χ4n) is 3.88. The van der Waals surface area contributed by atoms with E-state index in [-0.39, 0.29) is 23.6 Å². The molecule has 2 aromatic carbocycles. The number of rotatable bonds is 10. The summed E-state index contributed by atoms with van der Waals surface area (Å²) < 4.78 is 12.1. The summed E-state index contributed by atoms with van der Waals surface area (Å²) in [4.78, 5) is 39.5. The summed E-state index contributed by atoms with van der Waals surface area (Å²) in [6, 6.07) is 14.3. The molecule has 8 nitrogen and oxygen atoms in total. The zero-order valence-electron chi connectivity index (χ0n) is 21.9. The average molecular weight is 534 g/mol. The molecule has 0 atom stereocenters. The quantitative estimate of drug-likeness (QED) is 0.193. The topological polar surface area (TPSA) is 99.5 Å². The molecule has 2 aromatic heterocycles. The summed E-state index contributed by atoms with van der Waals surface area (Å²) in [5.74, 6) is -0.00922. The van der Waals surface area contributed by atoms with Crippen molar-refractivity contribution in [2.75, 3.05) is 18.5 Å². The lowest BCUT2D eigenvalue weighted by atomic mass is 10.0. The third-order valence-electron chi connectivity index (χ3n) is 6.04. The van der Waals surface area contributed by atoms with E-state index < -0.39 is 11.5 Å². The van der Waals surface area contributed by atoms with E-state index in [2.05, 4.69) is 31.2 Å². The van der Waals surface area contributed by atoms with E-state index in [9.17, 15) is 14.4 Å². The van der Waals surface area contributed by atoms with Crippen molar-refractivity contribution < 1.29 is 19.1 Å². The fraction of sp³-hybridized carbons (Fsp3) is 0.310. The molecule has 0 bridgehead atoms. The van der Waals surface area contributed by atoms with E-state index in [0.717, 1.165) is 29.7 Å². The Balaban J connectivity index is 1.72. The number of esters is 1. The lowest BCUT2D eigenvalue weighted by molar-refractivity contribution is 0.0520. The first-order valence-electron chi connectivity index (χ1n) is 12.7. The molecule has 2 heterocycles. The summed E-state index contributed by atoms with van der Waals surface area (Å²) in [6.45, 7) is 8.74. The zero-order chi connectivity index (χ0) is 27.2. The van der Waals surface area contributed by atoms with Crippen molar-refractivity contribution in [2.24, 2.45) is 0 Å². The van der Waals surface area contributed by atoms with Crippen LogP contribution >= 0.6 is 11.3 Å². The van der Waals surface area contributed by atoms with Gasteiger partial charge in [-0.1, -0.05) is 39.3 Å². The molecule has 0 spiro atoms. The van der Waals surface area contributed by atoms with Gasteiger partial charge in [-0.05, 0) is 61.2 Å². The second-order valence-corrected chi connectivity index (χ2v) is 9.95. The van der Waals surface area contributed by atoms with Gasteiger partial charge in [0.25, 0.3) is 11.5 Å². The summed E-state index contributed by atoms with van der Waals surface area (Å²) in [5.41, 5.74) is 1.60. The highest BCUT2D eigenvalue weighted by Gasteiger charge is 2.23. The number of carbonyl (C=O) groups is 2. The van der Waals surface area contributed by atoms with E-state index in [4.69, 9.17) is 9.47 Å². The van der Waals surface area contributed by atoms with Gasteiger partial charge in [-0.15, -0.1) is 11.3 Å². The molecule has 1 amide bonds. The zero-order valence-corrected chi connectivity index (χ0v) is 22.8. The molecule has 0 aliphatic heterocycles. The molecule has 0 saturated carbocycles. The van der Waals surface area contributed by atoms with Gasteiger partial charge in [0.1, 0.15) is 10.8 Å². The number of ether oxygens (including phenoxy) is 2. The lowest BCUT2D eigenvalue weighted by Gasteiger charge is -2.11. The third-order valence-corrected chi connectivity index (χ3v) is 6.93. The van der Waals surface area contributed by atoms with Gasteiger partial charge < -0.3 is 14.8 Å². The molecule has 0 aliphatic rings. The number of hydrogen-bond acceptors (Lipinski definition) is 7. The minimum atomic E-state index is -0.639. The van der Waals surface area contributed by atoms with Crippen molar-refractivity contribution in [1.29, 1.82) is 0 Å². The molecule has 0 saturated heterocycles. The minimum Gasteiger partial charge on any atom is -0.494 e. The maximum atomic E-state index is 13.6. The number of unbranched alkanes of at least 4 members (excludes halogenated alkanes) is 1. The van der Waals surface area contributed by atoms with Gasteiger partial charge >= 0.3 is 5.97 Å². The van der Waals surface area contributed by atoms with Crippen molar-refractivity contribution in [3.63, 3.8) is 0 Å². The number of hydrogen-bond donors (Lipinski definition) is 1. The van der Waals surface area contributed by atoms with Crippen LogP contribution in [0.15, 0.2) is 58.7 Å². The van der Waals surface area contributed by atoms with E-state index in [1.54, 1.807) is 48.7 Å². The molecule has 4 rings (SSSR count). The number of benzene rings is 2. The third kappa shape index (κ3) is 5.78. The summed E-state index contributed by atoms with van der Waals surface area (Å²) in [6.07, 6.45) is 1.99. The van der Waals surface area contributed by atoms with Crippen LogP contribution in [0.1, 0.15) is 72.9 Å². The first kappa shape index (κ1) is 27.1. The Hall–Kier alpha value is -3.98. The van der Waals surface area contributed by atoms with Crippen molar-refractivity contribution in [2.45, 2.75) is 46.5 Å². The molecule has 0 aliphatic carbocycles. The largest absolute Gasteiger partial charge is 0.494 e. The number of nitrogens with one attached hydrogen (secondary N) is 1. The standard InChI is InChI=1S/C29H31N3O5S/c1-5-7-16-37-22-14-10-20(11-15-22)26(33)30-27-24-23(17-38-27)25(29(35)36-6-2)31-32(28(24)34)21-12-8-19(9-13-21)18(3)4/h8-15,17-18H,5-7,16H2,1-4H3,(H,30,33). The molecular formula is C29H31N3O5S. The van der Waals surface area contributed by atoms with Gasteiger partial charge in [-0.3, -0.25) is 9.59 Å². The van der Waals surface area contributed by atoms with Crippen LogP contribution in [-0.4, -0.2) is 34.9 Å². The Kier molecular flexibility index (Phi) is 8.58. The predicted octanol–water partition coefficient (Wildman–Crippen LogP) is 6.18. The van der Waals surface area contributed by atoms with Crippen molar-refractivity contribution in [3.05, 3.63) is 81.1 Å². The fourth-order valence-corrected chi connectivity index (χ4v) is 4.81. The Bertz CT molecular complexity index is 1490. The van der Waals surface area contributed by atoms with Crippen LogP contribution in [0.3, 0.4) is 0 Å². The Morgan fingerprint density at radius 1 is 1.05 bits per heavy atom. The Morgan fingerprint density at radius 2 is 1.76 bits per heavy atom. The van der Waals surface area contributed by atoms with E-state index in [0.29, 0.717) is 39.9 Å². The van der Waals surface area contributed by atoms with Crippen molar-refractivity contribution in [1.82, 2.24) is 9.78 Å². The van der Waals surface area contributed by atoms with Crippen LogP contribution in [0.4, 0.5) is 5.00 Å². The van der Waals surface area contributed by atoms with Crippen LogP contribution in [0.25, 0.3) is 16.5 Å². The van der Waals surface area contributed by atoms with Gasteiger partial charge in [-0.25, -0.2) is 4.79 Å². The average Bonchev–Trinajstić information content (AvgIpc) is 3.33. The molecule has 198 valence electrons. The summed E-state index contributed by atoms with van der Waals surface area (Å²) >= 11 is 1.16. The van der Waals surface area contributed by atoms with Gasteiger partial charge in [0.15, 0.2) is 5.69 Å². The highest BCUT2D eigenvalue weighted by atomic mass is 32.1. The van der Waals surface area contributed by atoms with Gasteiger partial charge in [0.2, 0.25) is 0 Å². The van der Waals surface area contributed by atoms with Gasteiger partial charge in [0, 0.05) is 16.3 Å². The normalized spacial score (nSPS) is 11.1. The molecule has 4 aromatic rings. The lowest BCUT2D eigenvalue weighted by Crippen LogP contribution is -2.25. The van der Waals surface area contributed by atoms with Crippen LogP contribution in [-0.2, 0) is 4.74 Å². The van der Waals surface area contributed by atoms with Crippen molar-refractivity contribution in [3.8, 4) is 11.4 Å². The Labute approximate surface area is 225 Å². The highest BCUT2D eigenvalue weighted by Crippen LogP contribution is 2.31. The number of thiophene rings is 1. The van der Waals surface area contributed by atoms with E-state index in [1.165, 1.54) is 4.68 Å². The SMILES string of the molecule is CCCCOc1ccc(C(=O)Nc2scc3c(C(=O)OCC)nn(-c4ccc(C(C)C)cc4)c(=O)c23)cc1. The molecular weight excluding hydrogens is 502 g/mol. The van der Waals surface area contributed by atoms with Crippen LogP contribution in [0.2, 0.25) is 0 Å². The monoisotopic (exact) mass is 533 g/mol. The highest BCUT2D eigenvalue weighted by molar-refractivity contribution is 7.16. The first-order valence-corrected chi connectivity index (χ1v) is 13.6. The molecule has 0 radical (unpaired) electrons. The van der Waals surface area contributed by atoms with Crippen LogP contribution < -0.4 is 15.6 Å². The summed E-state index contributed by atoms with van der Waals surface area (Å²) in [7, 11) is 0. The second-order valence-electron chi connectivity index (χ2n) is 9.07. The number of amides is 1. The second kappa shape index (κ2) is 12.0. The maximum absolute atomic E-state index is 13.6. The van der Waals surface area contributed by atoms with Gasteiger partial charge in [0.05, 0.1) is 24.3 Å². The molecule has 0 unspecified atom stereocenters. The molecule has 1 N–H and O–H groups in total. The van der Waals surface area contributed by atoms with Crippen molar-refractivity contribution >= 4 is 39.0 Å². The predicted molar refractivity (Wildman–Crippen MR) is 150 cm³/mol. The number of carbonyl (C=O) groups excluding carboxylic acids is 2. The van der Waals surface area contributed by atoms with E-state index in [1.807, 2.05) is 12.1 Å². The number of anilines is 1. The molecule has 9 heteroatoms. The summed E-state index contributed by atoms with van der Waals surface area (Å²) in [5, 5.41) is 9.72. The molecule has 38 heavy (non-hydrogen) atoms. The number of nitrogens with zero attached hydrogens (tertiary/aromatic N) is 2. The van der Waals surface area contributed by atoms with Crippen LogP contribution in [0, 0.1) is 0 Å². The molecule has 0 fully saturated rings. The van der Waals surface area contributed by atoms with Crippen LogP contribution in [0.5, 0.6) is 5.75 Å². The smallest absolute Gasteiger partial charge is 0.359 e. The minimum absolute atomic E-state index is 0.0136. The maximum Gasteiger partial charge on any atom is 0.359 e. The van der Waals surface area contributed by atoms with E-state index >= 15 is 0 Å². The van der Waals surface area contributed by atoms with Gasteiger partial charge in [-0.2, -0.15) is 9.78 Å². The Morgan fingerprint density at radius 3 is 2.39 bits per heavy atom. The first-order chi connectivity index (χ1) is 18.3. The number of fused-ring (bicyclic) bond motifs is 1. The number of aromatic nitrogens is 2.